The molecule has 2 aromatic heterocycles. The van der Waals surface area contributed by atoms with Gasteiger partial charge in [-0.05, 0) is 18.3 Å². The summed E-state index contributed by atoms with van der Waals surface area (Å²) >= 11 is 6.12. The Bertz CT molecular complexity index is 800. The van der Waals surface area contributed by atoms with Gasteiger partial charge in [-0.1, -0.05) is 36.6 Å². The van der Waals surface area contributed by atoms with Gasteiger partial charge in [-0.2, -0.15) is 5.10 Å². The van der Waals surface area contributed by atoms with Crippen molar-refractivity contribution in [3.63, 3.8) is 0 Å². The molecule has 0 saturated heterocycles. The lowest BCUT2D eigenvalue weighted by Gasteiger charge is -2.28. The van der Waals surface area contributed by atoms with Crippen LogP contribution in [-0.2, 0) is 19.5 Å². The molecule has 24 heavy (non-hydrogen) atoms. The van der Waals surface area contributed by atoms with Crippen LogP contribution in [0.25, 0.3) is 0 Å². The van der Waals surface area contributed by atoms with E-state index in [2.05, 4.69) is 32.1 Å². The molecule has 0 bridgehead atoms. The highest BCUT2D eigenvalue weighted by molar-refractivity contribution is 6.32. The molecule has 4 rings (SSSR count). The van der Waals surface area contributed by atoms with Gasteiger partial charge in [0.1, 0.15) is 10.7 Å². The van der Waals surface area contributed by atoms with Crippen LogP contribution in [-0.4, -0.2) is 31.7 Å². The van der Waals surface area contributed by atoms with Crippen LogP contribution < -0.4 is 10.5 Å². The molecule has 0 aromatic carbocycles. The topological polar surface area (TPSA) is 79.7 Å². The molecular weight excluding hydrogens is 328 g/mol. The zero-order valence-electron chi connectivity index (χ0n) is 13.7. The third-order valence-corrected chi connectivity index (χ3v) is 5.81. The molecule has 128 valence electrons. The Morgan fingerprint density at radius 1 is 1.42 bits per heavy atom. The summed E-state index contributed by atoms with van der Waals surface area (Å²) in [7, 11) is 0. The first-order valence-electron chi connectivity index (χ1n) is 8.53. The summed E-state index contributed by atoms with van der Waals surface area (Å²) in [5, 5.41) is 15.1. The average Bonchev–Trinajstić information content (AvgIpc) is 3.17. The normalized spacial score (nSPS) is 23.5. The number of anilines is 1. The summed E-state index contributed by atoms with van der Waals surface area (Å²) in [5.74, 6) is 1.48. The minimum atomic E-state index is -0.362. The van der Waals surface area contributed by atoms with Crippen molar-refractivity contribution in [1.82, 2.24) is 25.2 Å². The van der Waals surface area contributed by atoms with Crippen molar-refractivity contribution in [2.45, 2.75) is 45.7 Å². The van der Waals surface area contributed by atoms with E-state index in [0.717, 1.165) is 31.1 Å². The van der Waals surface area contributed by atoms with Gasteiger partial charge in [-0.15, -0.1) is 5.10 Å². The molecule has 1 N–H and O–H groups in total. The van der Waals surface area contributed by atoms with E-state index in [1.54, 1.807) is 6.20 Å². The van der Waals surface area contributed by atoms with E-state index in [0.29, 0.717) is 18.2 Å². The van der Waals surface area contributed by atoms with E-state index in [9.17, 15) is 4.79 Å². The Kier molecular flexibility index (Phi) is 4.04. The van der Waals surface area contributed by atoms with Gasteiger partial charge in [-0.3, -0.25) is 4.79 Å². The number of aromatic amines is 1. The van der Waals surface area contributed by atoms with E-state index < -0.39 is 0 Å². The zero-order valence-corrected chi connectivity index (χ0v) is 14.5. The number of aromatic nitrogens is 5. The molecule has 2 aromatic rings. The van der Waals surface area contributed by atoms with Gasteiger partial charge in [0.05, 0.1) is 24.1 Å². The third kappa shape index (κ3) is 2.70. The summed E-state index contributed by atoms with van der Waals surface area (Å²) in [5.41, 5.74) is 2.49. The van der Waals surface area contributed by atoms with Gasteiger partial charge >= 0.3 is 0 Å². The Labute approximate surface area is 145 Å². The highest BCUT2D eigenvalue weighted by Gasteiger charge is 2.28. The molecule has 1 saturated carbocycles. The fourth-order valence-corrected chi connectivity index (χ4v) is 4.14. The summed E-state index contributed by atoms with van der Waals surface area (Å²) in [6, 6.07) is 0. The highest BCUT2D eigenvalue weighted by Crippen LogP contribution is 2.33. The third-order valence-electron chi connectivity index (χ3n) is 5.44. The molecule has 8 heteroatoms. The Morgan fingerprint density at radius 3 is 3.08 bits per heavy atom. The van der Waals surface area contributed by atoms with Crippen molar-refractivity contribution in [2.75, 3.05) is 11.4 Å². The van der Waals surface area contributed by atoms with Gasteiger partial charge in [-0.25, -0.2) is 9.78 Å². The average molecular weight is 349 g/mol. The predicted octanol–water partition coefficient (Wildman–Crippen LogP) is 2.01. The quantitative estimate of drug-likeness (QED) is 0.917. The summed E-state index contributed by atoms with van der Waals surface area (Å²) < 4.78 is 2.09. The van der Waals surface area contributed by atoms with Gasteiger partial charge in [0.15, 0.2) is 0 Å². The number of halogens is 1. The van der Waals surface area contributed by atoms with Crippen LogP contribution in [0, 0.1) is 11.8 Å². The molecule has 2 aliphatic rings. The van der Waals surface area contributed by atoms with Crippen LogP contribution in [0.1, 0.15) is 37.6 Å². The predicted molar refractivity (Wildman–Crippen MR) is 91.1 cm³/mol. The number of nitrogens with zero attached hydrogens (tertiary/aromatic N) is 5. The second-order valence-corrected chi connectivity index (χ2v) is 7.28. The van der Waals surface area contributed by atoms with Crippen molar-refractivity contribution >= 4 is 17.3 Å². The monoisotopic (exact) mass is 348 g/mol. The number of nitrogens with one attached hydrogen (secondary N) is 1. The second-order valence-electron chi connectivity index (χ2n) is 6.90. The van der Waals surface area contributed by atoms with Gasteiger partial charge < -0.3 is 4.90 Å². The van der Waals surface area contributed by atoms with Crippen LogP contribution in [0.4, 0.5) is 5.69 Å². The van der Waals surface area contributed by atoms with E-state index in [1.165, 1.54) is 25.0 Å². The lowest BCUT2D eigenvalue weighted by atomic mass is 9.98. The van der Waals surface area contributed by atoms with Crippen LogP contribution in [0.15, 0.2) is 11.0 Å². The molecule has 0 spiro atoms. The maximum Gasteiger partial charge on any atom is 0.285 e. The van der Waals surface area contributed by atoms with Gasteiger partial charge in [0.2, 0.25) is 0 Å². The summed E-state index contributed by atoms with van der Waals surface area (Å²) in [4.78, 5) is 13.7. The van der Waals surface area contributed by atoms with E-state index in [4.69, 9.17) is 11.6 Å². The molecule has 2 unspecified atom stereocenters. The lowest BCUT2D eigenvalue weighted by Crippen LogP contribution is -2.33. The standard InChI is InChI=1S/C16H21ClN6O/c1-10-3-2-4-11(10)8-23-13-5-6-22(9-12(13)19-21-23)14-7-18-20-16(24)15(14)17/h7,10-11H,2-6,8-9H2,1H3,(H,20,24). The van der Waals surface area contributed by atoms with Crippen LogP contribution >= 0.6 is 11.6 Å². The first-order valence-corrected chi connectivity index (χ1v) is 8.90. The minimum Gasteiger partial charge on any atom is -0.362 e. The fraction of sp³-hybridized carbons (Fsp3) is 0.625. The first-order chi connectivity index (χ1) is 11.6. The lowest BCUT2D eigenvalue weighted by molar-refractivity contribution is 0.338. The summed E-state index contributed by atoms with van der Waals surface area (Å²) in [6.07, 6.45) is 6.38. The second kappa shape index (κ2) is 6.20. The number of hydrogen-bond donors (Lipinski definition) is 1. The fourth-order valence-electron chi connectivity index (χ4n) is 3.93. The minimum absolute atomic E-state index is 0.181. The highest BCUT2D eigenvalue weighted by atomic mass is 35.5. The molecule has 3 heterocycles. The Balaban J connectivity index is 1.54. The molecule has 7 nitrogen and oxygen atoms in total. The van der Waals surface area contributed by atoms with Crippen molar-refractivity contribution < 1.29 is 0 Å². The molecule has 1 aliphatic carbocycles. The number of H-pyrrole nitrogens is 1. The zero-order chi connectivity index (χ0) is 16.7. The van der Waals surface area contributed by atoms with Crippen LogP contribution in [0.5, 0.6) is 0 Å². The molecular formula is C16H21ClN6O. The van der Waals surface area contributed by atoms with Crippen LogP contribution in [0.2, 0.25) is 5.02 Å². The van der Waals surface area contributed by atoms with Gasteiger partial charge in [0.25, 0.3) is 5.56 Å². The van der Waals surface area contributed by atoms with E-state index >= 15 is 0 Å². The number of rotatable bonds is 3. The van der Waals surface area contributed by atoms with Crippen molar-refractivity contribution in [3.8, 4) is 0 Å². The maximum absolute atomic E-state index is 11.6. The van der Waals surface area contributed by atoms with Crippen LogP contribution in [0.3, 0.4) is 0 Å². The Hall–Kier alpha value is -1.89. The smallest absolute Gasteiger partial charge is 0.285 e. The molecule has 1 fully saturated rings. The van der Waals surface area contributed by atoms with E-state index in [-0.39, 0.29) is 10.6 Å². The SMILES string of the molecule is CC1CCCC1Cn1nnc2c1CCN(c1cn[nH]c(=O)c1Cl)C2. The number of fused-ring (bicyclic) bond motifs is 1. The molecule has 0 radical (unpaired) electrons. The Morgan fingerprint density at radius 2 is 2.29 bits per heavy atom. The van der Waals surface area contributed by atoms with Gasteiger partial charge in [0, 0.05) is 19.5 Å². The van der Waals surface area contributed by atoms with Crippen molar-refractivity contribution in [1.29, 1.82) is 0 Å². The molecule has 0 amide bonds. The maximum atomic E-state index is 11.6. The summed E-state index contributed by atoms with van der Waals surface area (Å²) in [6.45, 7) is 4.70. The van der Waals surface area contributed by atoms with Crippen molar-refractivity contribution in [2.24, 2.45) is 11.8 Å². The van der Waals surface area contributed by atoms with E-state index in [1.807, 2.05) is 4.90 Å². The largest absolute Gasteiger partial charge is 0.362 e. The molecule has 1 aliphatic heterocycles. The first kappa shape index (κ1) is 15.6. The number of hydrogen-bond acceptors (Lipinski definition) is 5. The van der Waals surface area contributed by atoms with Crippen molar-refractivity contribution in [3.05, 3.63) is 33.0 Å². The molecule has 2 atom stereocenters.